The first-order valence-corrected chi connectivity index (χ1v) is 17.4. The standard InChI is InChI=1S/C16H21ClN6O2.C15H19ClN6O2/c1-10-13-15(22-23(10)11-4-2-6-24-9-11)25-7-3-5-18-14-12(17)8-19-16(20-13)21-14;16-11-7-18-15-19-12-8-22(10-3-1-5-23-9-10)21-14(12)24-6-2-4-17-13(11)20-15/h8,11H,2-7,9H2,1H3,(H2,18,19,20,21);7-8,10H,1-6,9H2,(H2,17,18,19,20). The zero-order valence-electron chi connectivity index (χ0n) is 27.3. The second-order valence-electron chi connectivity index (χ2n) is 12.1. The second kappa shape index (κ2) is 15.6. The number of halogens is 2. The van der Waals surface area contributed by atoms with Crippen molar-refractivity contribution in [2.24, 2.45) is 0 Å². The molecule has 0 saturated carbocycles. The van der Waals surface area contributed by atoms with E-state index in [1.807, 2.05) is 22.5 Å². The molecule has 4 aliphatic heterocycles. The van der Waals surface area contributed by atoms with Crippen LogP contribution in [0, 0.1) is 6.92 Å². The van der Waals surface area contributed by atoms with Gasteiger partial charge in [0.2, 0.25) is 11.9 Å². The van der Waals surface area contributed by atoms with E-state index in [1.165, 1.54) is 0 Å². The summed E-state index contributed by atoms with van der Waals surface area (Å²) in [7, 11) is 0. The van der Waals surface area contributed by atoms with E-state index < -0.39 is 0 Å². The van der Waals surface area contributed by atoms with Crippen LogP contribution in [0.3, 0.4) is 0 Å². The Labute approximate surface area is 293 Å². The highest BCUT2D eigenvalue weighted by Gasteiger charge is 2.25. The zero-order valence-corrected chi connectivity index (χ0v) is 28.8. The fraction of sp³-hybridized carbons (Fsp3) is 0.548. The molecule has 8 rings (SSSR count). The van der Waals surface area contributed by atoms with Crippen LogP contribution >= 0.6 is 23.2 Å². The third kappa shape index (κ3) is 8.03. The van der Waals surface area contributed by atoms with Crippen LogP contribution in [0.25, 0.3) is 0 Å². The second-order valence-corrected chi connectivity index (χ2v) is 12.9. The van der Waals surface area contributed by atoms with Crippen LogP contribution < -0.4 is 30.7 Å². The maximum absolute atomic E-state index is 6.15. The molecule has 18 heteroatoms. The fourth-order valence-electron chi connectivity index (χ4n) is 5.93. The first kappa shape index (κ1) is 33.4. The molecule has 0 aliphatic carbocycles. The van der Waals surface area contributed by atoms with Gasteiger partial charge in [-0.1, -0.05) is 23.2 Å². The summed E-state index contributed by atoms with van der Waals surface area (Å²) < 4.78 is 26.8. The van der Waals surface area contributed by atoms with Gasteiger partial charge in [0.05, 0.1) is 62.8 Å². The maximum atomic E-state index is 6.15. The van der Waals surface area contributed by atoms with E-state index in [0.29, 0.717) is 84.9 Å². The number of aromatic nitrogens is 8. The molecular formula is C31H40Cl2N12O4. The summed E-state index contributed by atoms with van der Waals surface area (Å²) in [5, 5.41) is 23.1. The van der Waals surface area contributed by atoms with E-state index in [9.17, 15) is 0 Å². The molecule has 16 nitrogen and oxygen atoms in total. The molecule has 0 amide bonds. The SMILES string of the molecule is Cc1c2c(nn1C1CCCOC1)OCCCNc1nc(ncc1Cl)N2.Clc1cnc2nc1NCCCOc1nn(C3CCCOC3)cc1N2. The van der Waals surface area contributed by atoms with Crippen LogP contribution in [0.15, 0.2) is 18.6 Å². The number of nitrogens with zero attached hydrogens (tertiary/aromatic N) is 8. The summed E-state index contributed by atoms with van der Waals surface area (Å²) in [6, 6.07) is 0.454. The highest BCUT2D eigenvalue weighted by atomic mass is 35.5. The lowest BCUT2D eigenvalue weighted by Crippen LogP contribution is -2.23. The molecule has 0 radical (unpaired) electrons. The average Bonchev–Trinajstić information content (AvgIpc) is 3.65. The number of nitrogens with one attached hydrogen (secondary N) is 4. The van der Waals surface area contributed by atoms with E-state index in [-0.39, 0.29) is 12.1 Å². The molecule has 262 valence electrons. The molecule has 49 heavy (non-hydrogen) atoms. The molecule has 0 aromatic carbocycles. The van der Waals surface area contributed by atoms with Gasteiger partial charge in [-0.15, -0.1) is 10.2 Å². The summed E-state index contributed by atoms with van der Waals surface area (Å²) in [5.41, 5.74) is 2.52. The van der Waals surface area contributed by atoms with Gasteiger partial charge in [-0.05, 0) is 45.4 Å². The molecule has 4 aromatic rings. The van der Waals surface area contributed by atoms with Crippen molar-refractivity contribution >= 4 is 58.1 Å². The minimum Gasteiger partial charge on any atom is -0.475 e. The highest BCUT2D eigenvalue weighted by Crippen LogP contribution is 2.35. The van der Waals surface area contributed by atoms with Gasteiger partial charge in [0.15, 0.2) is 11.6 Å². The van der Waals surface area contributed by atoms with Gasteiger partial charge in [0, 0.05) is 26.3 Å². The van der Waals surface area contributed by atoms with Crippen molar-refractivity contribution in [2.45, 2.75) is 57.5 Å². The smallest absolute Gasteiger partial charge is 0.257 e. The minimum absolute atomic E-state index is 0.225. The lowest BCUT2D eigenvalue weighted by Gasteiger charge is -2.23. The van der Waals surface area contributed by atoms with Gasteiger partial charge in [0.1, 0.15) is 21.4 Å². The van der Waals surface area contributed by atoms with E-state index in [1.54, 1.807) is 12.4 Å². The predicted octanol–water partition coefficient (Wildman–Crippen LogP) is 5.54. The molecule has 4 N–H and O–H groups in total. The summed E-state index contributed by atoms with van der Waals surface area (Å²) in [6.45, 7) is 7.54. The van der Waals surface area contributed by atoms with Crippen molar-refractivity contribution in [1.29, 1.82) is 0 Å². The largest absolute Gasteiger partial charge is 0.475 e. The van der Waals surface area contributed by atoms with E-state index >= 15 is 0 Å². The van der Waals surface area contributed by atoms with Crippen molar-refractivity contribution in [2.75, 3.05) is 74.0 Å². The van der Waals surface area contributed by atoms with Crippen molar-refractivity contribution < 1.29 is 18.9 Å². The molecule has 4 aromatic heterocycles. The van der Waals surface area contributed by atoms with Crippen molar-refractivity contribution in [3.8, 4) is 11.8 Å². The topological polar surface area (TPSA) is 172 Å². The molecule has 0 spiro atoms. The van der Waals surface area contributed by atoms with Crippen LogP contribution in [0.2, 0.25) is 10.0 Å². The third-order valence-electron chi connectivity index (χ3n) is 8.48. The molecule has 8 heterocycles. The number of anilines is 6. The number of hydrogen-bond donors (Lipinski definition) is 4. The van der Waals surface area contributed by atoms with Crippen molar-refractivity contribution in [1.82, 2.24) is 39.5 Å². The van der Waals surface area contributed by atoms with Gasteiger partial charge in [0.25, 0.3) is 11.8 Å². The first-order valence-electron chi connectivity index (χ1n) is 16.7. The Bertz CT molecular complexity index is 1720. The lowest BCUT2D eigenvalue weighted by atomic mass is 10.1. The summed E-state index contributed by atoms with van der Waals surface area (Å²) in [5.74, 6) is 3.28. The van der Waals surface area contributed by atoms with Gasteiger partial charge in [-0.3, -0.25) is 9.36 Å². The van der Waals surface area contributed by atoms with Crippen LogP contribution in [0.4, 0.5) is 34.9 Å². The molecule has 2 fully saturated rings. The molecule has 2 unspecified atom stereocenters. The Balaban J connectivity index is 0.000000154. The Kier molecular flexibility index (Phi) is 10.6. The van der Waals surface area contributed by atoms with Crippen LogP contribution in [0.5, 0.6) is 11.8 Å². The molecular weight excluding hydrogens is 675 g/mol. The number of fused-ring (bicyclic) bond motifs is 6. The number of rotatable bonds is 2. The molecule has 2 saturated heterocycles. The van der Waals surface area contributed by atoms with Crippen LogP contribution in [0.1, 0.15) is 56.3 Å². The van der Waals surface area contributed by atoms with Gasteiger partial charge < -0.3 is 40.2 Å². The Hall–Kier alpha value is -4.12. The normalized spacial score (nSPS) is 20.6. The van der Waals surface area contributed by atoms with Crippen molar-refractivity contribution in [3.63, 3.8) is 0 Å². The van der Waals surface area contributed by atoms with Gasteiger partial charge in [-0.25, -0.2) is 9.97 Å². The quantitative estimate of drug-likeness (QED) is 0.204. The van der Waals surface area contributed by atoms with E-state index in [0.717, 1.165) is 68.8 Å². The Morgan fingerprint density at radius 2 is 1.35 bits per heavy atom. The number of hydrogen-bond acceptors (Lipinski definition) is 14. The van der Waals surface area contributed by atoms with Gasteiger partial charge in [-0.2, -0.15) is 9.97 Å². The lowest BCUT2D eigenvalue weighted by molar-refractivity contribution is 0.0537. The summed E-state index contributed by atoms with van der Waals surface area (Å²) in [4.78, 5) is 17.4. The molecule has 2 atom stereocenters. The number of ether oxygens (including phenoxy) is 4. The van der Waals surface area contributed by atoms with E-state index in [2.05, 4.69) is 51.4 Å². The molecule has 4 aliphatic rings. The van der Waals surface area contributed by atoms with Crippen LogP contribution in [-0.4, -0.2) is 92.2 Å². The summed E-state index contributed by atoms with van der Waals surface area (Å²) in [6.07, 6.45) is 10.9. The average molecular weight is 716 g/mol. The highest BCUT2D eigenvalue weighted by molar-refractivity contribution is 6.33. The Morgan fingerprint density at radius 1 is 0.735 bits per heavy atom. The summed E-state index contributed by atoms with van der Waals surface area (Å²) >= 11 is 12.3. The third-order valence-corrected chi connectivity index (χ3v) is 9.04. The minimum atomic E-state index is 0.225. The fourth-order valence-corrected chi connectivity index (χ4v) is 6.24. The monoisotopic (exact) mass is 714 g/mol. The first-order chi connectivity index (χ1) is 24.0. The van der Waals surface area contributed by atoms with E-state index in [4.69, 9.17) is 42.1 Å². The Morgan fingerprint density at radius 3 is 1.98 bits per heavy atom. The zero-order chi connectivity index (χ0) is 33.6. The molecule has 4 bridgehead atoms. The predicted molar refractivity (Wildman–Crippen MR) is 185 cm³/mol. The van der Waals surface area contributed by atoms with Gasteiger partial charge >= 0.3 is 0 Å². The van der Waals surface area contributed by atoms with Crippen LogP contribution in [-0.2, 0) is 9.47 Å². The maximum Gasteiger partial charge on any atom is 0.257 e. The van der Waals surface area contributed by atoms with Crippen molar-refractivity contribution in [3.05, 3.63) is 34.3 Å².